The maximum atomic E-state index is 13.7. The Labute approximate surface area is 217 Å². The lowest BCUT2D eigenvalue weighted by Gasteiger charge is -2.32. The number of ketones is 2. The van der Waals surface area contributed by atoms with Gasteiger partial charge in [0.1, 0.15) is 17.3 Å². The van der Waals surface area contributed by atoms with Crippen molar-refractivity contribution in [1.29, 1.82) is 5.26 Å². The number of carbonyl (C=O) groups is 3. The third-order valence-electron chi connectivity index (χ3n) is 5.61. The molecule has 0 heterocycles. The minimum atomic E-state index is -2.20. The molecule has 0 spiro atoms. The average molecular weight is 507 g/mol. The Hall–Kier alpha value is -3.84. The van der Waals surface area contributed by atoms with Gasteiger partial charge in [-0.3, -0.25) is 14.4 Å². The molecule has 37 heavy (non-hydrogen) atoms. The number of nitrogens with two attached hydrogens (primary N) is 2. The van der Waals surface area contributed by atoms with Gasteiger partial charge in [0, 0.05) is 11.8 Å². The molecule has 0 saturated heterocycles. The molecular formula is C28H34N4O5. The summed E-state index contributed by atoms with van der Waals surface area (Å²) in [5, 5.41) is 21.4. The van der Waals surface area contributed by atoms with E-state index in [1.165, 1.54) is 18.2 Å². The number of Topliss-reactive ketones (excluding diaryl/α,β-unsaturated/α-hetero) is 1. The minimum absolute atomic E-state index is 0.0553. The molecule has 0 aromatic heterocycles. The van der Waals surface area contributed by atoms with E-state index in [1.54, 1.807) is 39.0 Å². The quantitative estimate of drug-likeness (QED) is 0.251. The highest BCUT2D eigenvalue weighted by atomic mass is 16.5. The summed E-state index contributed by atoms with van der Waals surface area (Å²) in [6.45, 7) is 4.97. The van der Waals surface area contributed by atoms with E-state index in [4.69, 9.17) is 16.2 Å². The molecule has 0 fully saturated rings. The number of phenols is 1. The summed E-state index contributed by atoms with van der Waals surface area (Å²) in [5.41, 5.74) is 10.6. The van der Waals surface area contributed by atoms with Gasteiger partial charge in [-0.05, 0) is 29.3 Å². The first-order valence-corrected chi connectivity index (χ1v) is 11.8. The Balaban J connectivity index is 2.35. The van der Waals surface area contributed by atoms with Crippen molar-refractivity contribution < 1.29 is 24.2 Å². The van der Waals surface area contributed by atoms with E-state index in [9.17, 15) is 24.8 Å². The minimum Gasteiger partial charge on any atom is -0.508 e. The second-order valence-electron chi connectivity index (χ2n) is 9.84. The van der Waals surface area contributed by atoms with Crippen LogP contribution in [-0.2, 0) is 25.7 Å². The largest absolute Gasteiger partial charge is 0.508 e. The molecule has 6 N–H and O–H groups in total. The van der Waals surface area contributed by atoms with Gasteiger partial charge in [0.25, 0.3) is 0 Å². The van der Waals surface area contributed by atoms with Gasteiger partial charge in [-0.1, -0.05) is 69.3 Å². The van der Waals surface area contributed by atoms with Crippen LogP contribution in [-0.4, -0.2) is 46.8 Å². The molecule has 0 radical (unpaired) electrons. The van der Waals surface area contributed by atoms with Gasteiger partial charge in [0.2, 0.25) is 5.91 Å². The van der Waals surface area contributed by atoms with Crippen molar-refractivity contribution >= 4 is 23.5 Å². The molecule has 1 amide bonds. The molecule has 0 aliphatic heterocycles. The summed E-state index contributed by atoms with van der Waals surface area (Å²) in [6.07, 6.45) is 2.10. The molecule has 0 aliphatic rings. The van der Waals surface area contributed by atoms with Crippen LogP contribution in [0.3, 0.4) is 0 Å². The monoisotopic (exact) mass is 506 g/mol. The summed E-state index contributed by atoms with van der Waals surface area (Å²) >= 11 is 0. The molecule has 2 rings (SSSR count). The van der Waals surface area contributed by atoms with Crippen molar-refractivity contribution in [2.45, 2.75) is 51.4 Å². The number of hydrogen-bond acceptors (Lipinski definition) is 8. The van der Waals surface area contributed by atoms with E-state index in [0.29, 0.717) is 5.56 Å². The van der Waals surface area contributed by atoms with Gasteiger partial charge in [-0.25, -0.2) is 0 Å². The molecule has 2 unspecified atom stereocenters. The maximum absolute atomic E-state index is 13.7. The highest BCUT2D eigenvalue weighted by Crippen LogP contribution is 2.20. The highest BCUT2D eigenvalue weighted by molar-refractivity contribution is 6.19. The Kier molecular flexibility index (Phi) is 10.3. The Morgan fingerprint density at radius 3 is 2.30 bits per heavy atom. The normalized spacial score (nSPS) is 14.8. The second kappa shape index (κ2) is 12.9. The summed E-state index contributed by atoms with van der Waals surface area (Å²) in [4.78, 5) is 39.8. The van der Waals surface area contributed by atoms with Gasteiger partial charge in [-0.15, -0.1) is 0 Å². The zero-order chi connectivity index (χ0) is 27.6. The maximum Gasteiger partial charge on any atom is 0.226 e. The number of nitrogens with zero attached hydrogens (tertiary/aromatic N) is 1. The van der Waals surface area contributed by atoms with Crippen LogP contribution in [0.1, 0.15) is 38.3 Å². The third-order valence-corrected chi connectivity index (χ3v) is 5.61. The predicted molar refractivity (Wildman–Crippen MR) is 140 cm³/mol. The topological polar surface area (TPSA) is 169 Å². The summed E-state index contributed by atoms with van der Waals surface area (Å²) < 4.78 is 5.72. The average Bonchev–Trinajstić information content (AvgIpc) is 2.86. The fraction of sp³-hybridized carbons (Fsp3) is 0.357. The van der Waals surface area contributed by atoms with Crippen molar-refractivity contribution in [3.8, 4) is 11.8 Å². The summed E-state index contributed by atoms with van der Waals surface area (Å²) in [7, 11) is 0. The molecule has 196 valence electrons. The molecule has 2 aromatic rings. The van der Waals surface area contributed by atoms with Gasteiger partial charge in [-0.2, -0.15) is 5.26 Å². The van der Waals surface area contributed by atoms with Crippen molar-refractivity contribution in [2.24, 2.45) is 16.9 Å². The molecule has 0 bridgehead atoms. The number of hydrogen-bond donors (Lipinski definition) is 4. The van der Waals surface area contributed by atoms with Crippen LogP contribution in [0, 0.1) is 16.7 Å². The lowest BCUT2D eigenvalue weighted by atomic mass is 9.80. The zero-order valence-corrected chi connectivity index (χ0v) is 21.3. The lowest BCUT2D eigenvalue weighted by molar-refractivity contribution is -0.139. The number of benzene rings is 2. The third kappa shape index (κ3) is 8.65. The first-order chi connectivity index (χ1) is 17.4. The standard InChI is InChI=1S/C28H34N4O5/c1-27(2,3)26(36)32-23(18-37-17-20-7-5-4-6-8-20)25(35)28(31,15-21(30)16-29)24(34)14-11-19-9-12-22(33)13-10-19/h4-14,21,23,33H,15,17-18,30-31H2,1-3H3,(H,32,36)/b14-11+/t21?,23-,28?/m1/s1. The number of phenolic OH excluding ortho intramolecular Hbond substituents is 1. The molecular weight excluding hydrogens is 472 g/mol. The fourth-order valence-corrected chi connectivity index (χ4v) is 3.36. The molecule has 9 heteroatoms. The van der Waals surface area contributed by atoms with E-state index in [0.717, 1.165) is 11.6 Å². The Bertz CT molecular complexity index is 1150. The fourth-order valence-electron chi connectivity index (χ4n) is 3.36. The van der Waals surface area contributed by atoms with Gasteiger partial charge < -0.3 is 26.6 Å². The van der Waals surface area contributed by atoms with Crippen molar-refractivity contribution in [3.63, 3.8) is 0 Å². The van der Waals surface area contributed by atoms with Crippen LogP contribution in [0.15, 0.2) is 60.7 Å². The van der Waals surface area contributed by atoms with Crippen LogP contribution < -0.4 is 16.8 Å². The van der Waals surface area contributed by atoms with Crippen LogP contribution in [0.4, 0.5) is 0 Å². The van der Waals surface area contributed by atoms with Crippen molar-refractivity contribution in [1.82, 2.24) is 5.32 Å². The van der Waals surface area contributed by atoms with Gasteiger partial charge in [0.05, 0.1) is 25.3 Å². The zero-order valence-electron chi connectivity index (χ0n) is 21.3. The number of nitrogens with one attached hydrogen (secondary N) is 1. The van der Waals surface area contributed by atoms with Crippen LogP contribution in [0.25, 0.3) is 6.08 Å². The first-order valence-electron chi connectivity index (χ1n) is 11.8. The number of nitriles is 1. The molecule has 2 aromatic carbocycles. The molecule has 0 aliphatic carbocycles. The number of amides is 1. The Morgan fingerprint density at radius 1 is 1.11 bits per heavy atom. The van der Waals surface area contributed by atoms with E-state index in [1.807, 2.05) is 30.3 Å². The van der Waals surface area contributed by atoms with Gasteiger partial charge >= 0.3 is 0 Å². The molecule has 3 atom stereocenters. The van der Waals surface area contributed by atoms with Gasteiger partial charge in [0.15, 0.2) is 11.6 Å². The van der Waals surface area contributed by atoms with E-state index in [2.05, 4.69) is 5.32 Å². The number of rotatable bonds is 12. The summed E-state index contributed by atoms with van der Waals surface area (Å²) in [5.74, 6) is -1.98. The smallest absolute Gasteiger partial charge is 0.226 e. The Morgan fingerprint density at radius 2 is 1.73 bits per heavy atom. The lowest BCUT2D eigenvalue weighted by Crippen LogP contribution is -2.64. The van der Waals surface area contributed by atoms with Crippen molar-refractivity contribution in [2.75, 3.05) is 6.61 Å². The number of carbonyl (C=O) groups excluding carboxylic acids is 3. The second-order valence-corrected chi connectivity index (χ2v) is 9.84. The number of ether oxygens (including phenoxy) is 1. The number of aromatic hydroxyl groups is 1. The SMILES string of the molecule is CC(C)(C)C(=O)N[C@H](COCc1ccccc1)C(=O)C(N)(CC(N)C#N)C(=O)/C=C/c1ccc(O)cc1. The van der Waals surface area contributed by atoms with Crippen LogP contribution in [0.5, 0.6) is 5.75 Å². The van der Waals surface area contributed by atoms with E-state index in [-0.39, 0.29) is 19.0 Å². The van der Waals surface area contributed by atoms with E-state index >= 15 is 0 Å². The molecule has 0 saturated carbocycles. The van der Waals surface area contributed by atoms with Crippen molar-refractivity contribution in [3.05, 3.63) is 71.8 Å². The van der Waals surface area contributed by atoms with Crippen LogP contribution >= 0.6 is 0 Å². The van der Waals surface area contributed by atoms with E-state index < -0.39 is 46.9 Å². The first kappa shape index (κ1) is 29.4. The van der Waals surface area contributed by atoms with Crippen LogP contribution in [0.2, 0.25) is 0 Å². The predicted octanol–water partition coefficient (Wildman–Crippen LogP) is 2.23. The molecule has 9 nitrogen and oxygen atoms in total. The summed E-state index contributed by atoms with van der Waals surface area (Å²) in [6, 6.07) is 14.6. The highest BCUT2D eigenvalue weighted by Gasteiger charge is 2.46.